The molecule has 1 saturated heterocycles. The number of fused-ring (bicyclic) bond motifs is 3. The van der Waals surface area contributed by atoms with E-state index in [9.17, 15) is 10.1 Å². The Morgan fingerprint density at radius 3 is 2.69 bits per heavy atom. The molecule has 2 fully saturated rings. The number of hydrogen-bond donors (Lipinski definition) is 1. The lowest BCUT2D eigenvalue weighted by Gasteiger charge is -2.47. The summed E-state index contributed by atoms with van der Waals surface area (Å²) >= 11 is 0. The monoisotopic (exact) mass is 392 g/mol. The zero-order chi connectivity index (χ0) is 20.4. The number of carbonyl (C=O) groups excluding carboxylic acids is 1. The topological polar surface area (TPSA) is 91.7 Å². The third-order valence-electron chi connectivity index (χ3n) is 7.50. The number of nitrogens with two attached hydrogens (primary N) is 1. The number of rotatable bonds is 2. The molecule has 0 radical (unpaired) electrons. The van der Waals surface area contributed by atoms with E-state index in [1.54, 1.807) is 4.90 Å². The van der Waals surface area contributed by atoms with E-state index in [4.69, 9.17) is 15.5 Å². The quantitative estimate of drug-likeness (QED) is 0.838. The van der Waals surface area contributed by atoms with Crippen LogP contribution in [0.15, 0.2) is 23.2 Å². The molecule has 2 spiro atoms. The first-order valence-electron chi connectivity index (χ1n) is 10.7. The van der Waals surface area contributed by atoms with Crippen molar-refractivity contribution in [3.05, 3.63) is 34.9 Å². The van der Waals surface area contributed by atoms with Crippen molar-refractivity contribution in [1.82, 2.24) is 4.90 Å². The van der Waals surface area contributed by atoms with Gasteiger partial charge in [0.25, 0.3) is 5.91 Å². The van der Waals surface area contributed by atoms with Gasteiger partial charge in [0.1, 0.15) is 0 Å². The van der Waals surface area contributed by atoms with Crippen LogP contribution in [0.3, 0.4) is 0 Å². The second-order valence-corrected chi connectivity index (χ2v) is 9.67. The van der Waals surface area contributed by atoms with Crippen LogP contribution >= 0.6 is 0 Å². The van der Waals surface area contributed by atoms with Crippen LogP contribution < -0.4 is 5.73 Å². The van der Waals surface area contributed by atoms with Crippen LogP contribution in [0.2, 0.25) is 0 Å². The van der Waals surface area contributed by atoms with E-state index in [0.29, 0.717) is 29.9 Å². The number of nitriles is 1. The molecule has 2 heterocycles. The highest BCUT2D eigenvalue weighted by molar-refractivity contribution is 6.08. The summed E-state index contributed by atoms with van der Waals surface area (Å²) in [5.74, 6) is 1.31. The Labute approximate surface area is 171 Å². The number of benzene rings is 1. The third kappa shape index (κ3) is 2.50. The Balaban J connectivity index is 1.66. The highest BCUT2D eigenvalue weighted by atomic mass is 16.5. The number of nitrogens with zero attached hydrogens (tertiary/aromatic N) is 3. The lowest BCUT2D eigenvalue weighted by Crippen LogP contribution is -2.54. The van der Waals surface area contributed by atoms with Crippen molar-refractivity contribution < 1.29 is 9.53 Å². The molecule has 2 aliphatic heterocycles. The second-order valence-electron chi connectivity index (χ2n) is 9.67. The molecule has 2 aliphatic carbocycles. The fourth-order valence-corrected chi connectivity index (χ4v) is 6.53. The van der Waals surface area contributed by atoms with Crippen LogP contribution in [0.4, 0.5) is 0 Å². The summed E-state index contributed by atoms with van der Waals surface area (Å²) in [5, 5.41) is 9.49. The van der Waals surface area contributed by atoms with Gasteiger partial charge in [-0.25, -0.2) is 4.99 Å². The highest BCUT2D eigenvalue weighted by Crippen LogP contribution is 2.63. The van der Waals surface area contributed by atoms with Gasteiger partial charge in [-0.3, -0.25) is 9.69 Å². The summed E-state index contributed by atoms with van der Waals surface area (Å²) in [6.45, 7) is 5.76. The molecule has 29 heavy (non-hydrogen) atoms. The van der Waals surface area contributed by atoms with Crippen LogP contribution in [0.1, 0.15) is 56.2 Å². The molecular weight excluding hydrogens is 364 g/mol. The maximum Gasteiger partial charge on any atom is 0.262 e. The highest BCUT2D eigenvalue weighted by Gasteiger charge is 2.67. The smallest absolute Gasteiger partial charge is 0.262 e. The molecule has 1 aromatic carbocycles. The largest absolute Gasteiger partial charge is 0.376 e. The Morgan fingerprint density at radius 2 is 2.07 bits per heavy atom. The second kappa shape index (κ2) is 6.30. The molecule has 152 valence electrons. The minimum atomic E-state index is -1.01. The fourth-order valence-electron chi connectivity index (χ4n) is 6.53. The molecule has 4 atom stereocenters. The summed E-state index contributed by atoms with van der Waals surface area (Å²) in [4.78, 5) is 20.7. The average molecular weight is 393 g/mol. The SMILES string of the molecule is CC1CC(C)CC2(Cc3ccc(C#N)cc3C23N=C(N)N(CC2CCO2)C3=O)C1. The molecule has 1 amide bonds. The zero-order valence-corrected chi connectivity index (χ0v) is 17.1. The first-order chi connectivity index (χ1) is 13.9. The van der Waals surface area contributed by atoms with Gasteiger partial charge in [0.2, 0.25) is 0 Å². The van der Waals surface area contributed by atoms with E-state index in [1.165, 1.54) is 6.42 Å². The summed E-state index contributed by atoms with van der Waals surface area (Å²) in [5.41, 5.74) is 7.68. The van der Waals surface area contributed by atoms with Crippen molar-refractivity contribution in [2.75, 3.05) is 13.2 Å². The van der Waals surface area contributed by atoms with E-state index in [-0.39, 0.29) is 17.4 Å². The molecule has 4 aliphatic rings. The Morgan fingerprint density at radius 1 is 1.34 bits per heavy atom. The summed E-state index contributed by atoms with van der Waals surface area (Å²) in [6.07, 6.45) is 4.87. The maximum atomic E-state index is 14.1. The number of hydrogen-bond acceptors (Lipinski definition) is 5. The first-order valence-corrected chi connectivity index (χ1v) is 10.7. The molecule has 2 N–H and O–H groups in total. The van der Waals surface area contributed by atoms with E-state index in [1.807, 2.05) is 18.2 Å². The minimum absolute atomic E-state index is 0.0272. The van der Waals surface area contributed by atoms with Crippen molar-refractivity contribution in [2.24, 2.45) is 28.0 Å². The van der Waals surface area contributed by atoms with E-state index >= 15 is 0 Å². The Hall–Kier alpha value is -2.39. The Bertz CT molecular complexity index is 935. The molecule has 6 nitrogen and oxygen atoms in total. The molecular formula is C23H28N4O2. The summed E-state index contributed by atoms with van der Waals surface area (Å²) in [7, 11) is 0. The summed E-state index contributed by atoms with van der Waals surface area (Å²) in [6, 6.07) is 7.99. The molecule has 4 unspecified atom stereocenters. The third-order valence-corrected chi connectivity index (χ3v) is 7.50. The Kier molecular flexibility index (Phi) is 4.05. The van der Waals surface area contributed by atoms with Gasteiger partial charge in [0.05, 0.1) is 24.3 Å². The normalized spacial score (nSPS) is 38.1. The van der Waals surface area contributed by atoms with Crippen molar-refractivity contribution in [3.8, 4) is 6.07 Å². The van der Waals surface area contributed by atoms with Gasteiger partial charge >= 0.3 is 0 Å². The van der Waals surface area contributed by atoms with Gasteiger partial charge in [0.15, 0.2) is 11.5 Å². The molecule has 0 aromatic heterocycles. The fraction of sp³-hybridized carbons (Fsp3) is 0.609. The van der Waals surface area contributed by atoms with Crippen LogP contribution in [0, 0.1) is 28.6 Å². The lowest BCUT2D eigenvalue weighted by molar-refractivity contribution is -0.142. The van der Waals surface area contributed by atoms with Crippen LogP contribution in [0.25, 0.3) is 0 Å². The summed E-state index contributed by atoms with van der Waals surface area (Å²) < 4.78 is 5.57. The number of aliphatic imine (C=N–C) groups is 1. The van der Waals surface area contributed by atoms with E-state index in [0.717, 1.165) is 43.4 Å². The van der Waals surface area contributed by atoms with Gasteiger partial charge in [-0.15, -0.1) is 0 Å². The average Bonchev–Trinajstić information content (AvgIpc) is 3.03. The molecule has 1 saturated carbocycles. The van der Waals surface area contributed by atoms with Crippen molar-refractivity contribution >= 4 is 11.9 Å². The van der Waals surface area contributed by atoms with E-state index in [2.05, 4.69) is 19.9 Å². The number of carbonyl (C=O) groups is 1. The first kappa shape index (κ1) is 18.6. The number of guanidine groups is 1. The number of amides is 1. The lowest BCUT2D eigenvalue weighted by atomic mass is 9.57. The maximum absolute atomic E-state index is 14.1. The predicted octanol–water partition coefficient (Wildman–Crippen LogP) is 2.70. The van der Waals surface area contributed by atoms with Gasteiger partial charge < -0.3 is 10.5 Å². The van der Waals surface area contributed by atoms with Crippen molar-refractivity contribution in [2.45, 2.75) is 57.6 Å². The van der Waals surface area contributed by atoms with Gasteiger partial charge in [-0.05, 0) is 67.2 Å². The van der Waals surface area contributed by atoms with Crippen LogP contribution in [-0.4, -0.2) is 36.0 Å². The van der Waals surface area contributed by atoms with Gasteiger partial charge in [-0.2, -0.15) is 5.26 Å². The molecule has 5 rings (SSSR count). The van der Waals surface area contributed by atoms with Crippen molar-refractivity contribution in [1.29, 1.82) is 5.26 Å². The number of ether oxygens (including phenoxy) is 1. The van der Waals surface area contributed by atoms with Crippen LogP contribution in [-0.2, 0) is 21.5 Å². The molecule has 0 bridgehead atoms. The van der Waals surface area contributed by atoms with Crippen LogP contribution in [0.5, 0.6) is 0 Å². The van der Waals surface area contributed by atoms with Crippen molar-refractivity contribution in [3.63, 3.8) is 0 Å². The molecule has 1 aromatic rings. The standard InChI is InChI=1S/C23H28N4O2/c1-14-7-15(2)10-22(9-14)11-17-4-3-16(12-24)8-19(17)23(22)20(28)27(21(25)26-23)13-18-5-6-29-18/h3-4,8,14-15,18H,5-7,9-11,13H2,1-2H3,(H2,25,26). The van der Waals surface area contributed by atoms with E-state index < -0.39 is 5.54 Å². The van der Waals surface area contributed by atoms with Gasteiger partial charge in [0, 0.05) is 12.0 Å². The minimum Gasteiger partial charge on any atom is -0.376 e. The zero-order valence-electron chi connectivity index (χ0n) is 17.1. The predicted molar refractivity (Wildman–Crippen MR) is 109 cm³/mol. The molecule has 6 heteroatoms. The van der Waals surface area contributed by atoms with Gasteiger partial charge in [-0.1, -0.05) is 19.9 Å².